The van der Waals surface area contributed by atoms with Crippen molar-refractivity contribution in [2.75, 3.05) is 10.2 Å². The average Bonchev–Trinajstić information content (AvgIpc) is 3.39. The van der Waals surface area contributed by atoms with Crippen molar-refractivity contribution < 1.29 is 14.0 Å². The predicted molar refractivity (Wildman–Crippen MR) is 113 cm³/mol. The third-order valence-electron chi connectivity index (χ3n) is 5.59. The number of carbonyl (C=O) groups excluding carboxylic acids is 2. The summed E-state index contributed by atoms with van der Waals surface area (Å²) in [5.41, 5.74) is 3.18. The molecule has 0 fully saturated rings. The van der Waals surface area contributed by atoms with Crippen LogP contribution in [0.3, 0.4) is 0 Å². The van der Waals surface area contributed by atoms with Gasteiger partial charge in [0.05, 0.1) is 17.6 Å². The van der Waals surface area contributed by atoms with Gasteiger partial charge >= 0.3 is 0 Å². The number of nitrogens with one attached hydrogen (secondary N) is 1. The van der Waals surface area contributed by atoms with Crippen LogP contribution >= 0.6 is 11.3 Å². The molecule has 0 spiro atoms. The van der Waals surface area contributed by atoms with Crippen LogP contribution in [-0.2, 0) is 9.59 Å². The van der Waals surface area contributed by atoms with E-state index in [4.69, 9.17) is 4.42 Å². The Bertz CT molecular complexity index is 1100. The van der Waals surface area contributed by atoms with E-state index in [1.165, 1.54) is 0 Å². The summed E-state index contributed by atoms with van der Waals surface area (Å²) < 4.78 is 5.60. The molecule has 3 aromatic rings. The van der Waals surface area contributed by atoms with Crippen molar-refractivity contribution >= 4 is 34.4 Å². The Morgan fingerprint density at radius 3 is 2.72 bits per heavy atom. The summed E-state index contributed by atoms with van der Waals surface area (Å²) in [5.74, 6) is 0.772. The van der Waals surface area contributed by atoms with Crippen LogP contribution in [0, 0.1) is 0 Å². The third kappa shape index (κ3) is 3.00. The van der Waals surface area contributed by atoms with Crippen LogP contribution in [0.2, 0.25) is 0 Å². The maximum Gasteiger partial charge on any atom is 0.224 e. The highest BCUT2D eigenvalue weighted by molar-refractivity contribution is 7.10. The lowest BCUT2D eigenvalue weighted by atomic mass is 9.81. The number of thiophene rings is 1. The average molecular weight is 404 g/mol. The molecular weight excluding hydrogens is 384 g/mol. The van der Waals surface area contributed by atoms with Gasteiger partial charge in [0, 0.05) is 35.4 Å². The summed E-state index contributed by atoms with van der Waals surface area (Å²) in [7, 11) is 0. The standard InChI is InChI=1S/C23H20N2O3S/c1-14(26)25-18-7-3-2-6-16(18)24-17-12-15(20-8-4-10-28-20)13-19(27)22(17)23(25)21-9-5-11-29-21/h2-11,15,23-24H,12-13H2,1H3/t15-,23-/m1/s1. The predicted octanol–water partition coefficient (Wildman–Crippen LogP) is 5.26. The van der Waals surface area contributed by atoms with Crippen LogP contribution in [0.4, 0.5) is 11.4 Å². The van der Waals surface area contributed by atoms with E-state index in [0.717, 1.165) is 27.7 Å². The van der Waals surface area contributed by atoms with Gasteiger partial charge in [-0.3, -0.25) is 14.5 Å². The van der Waals surface area contributed by atoms with E-state index in [0.29, 0.717) is 18.4 Å². The molecule has 146 valence electrons. The lowest BCUT2D eigenvalue weighted by molar-refractivity contribution is -0.117. The zero-order chi connectivity index (χ0) is 20.0. The molecule has 0 saturated heterocycles. The number of ketones is 1. The summed E-state index contributed by atoms with van der Waals surface area (Å²) in [4.78, 5) is 29.0. The van der Waals surface area contributed by atoms with Crippen molar-refractivity contribution in [3.8, 4) is 0 Å². The number of furan rings is 1. The maximum absolute atomic E-state index is 13.4. The molecule has 1 aromatic carbocycles. The molecule has 2 aromatic heterocycles. The SMILES string of the molecule is CC(=O)N1c2ccccc2NC2=C(C(=O)C[C@H](c3ccco3)C2)[C@H]1c1cccs1. The van der Waals surface area contributed by atoms with Crippen molar-refractivity contribution in [1.29, 1.82) is 0 Å². The molecule has 2 aliphatic rings. The van der Waals surface area contributed by atoms with Gasteiger partial charge in [-0.05, 0) is 42.1 Å². The van der Waals surface area contributed by atoms with Crippen molar-refractivity contribution in [3.63, 3.8) is 0 Å². The Kier molecular flexibility index (Phi) is 4.36. The number of fused-ring (bicyclic) bond motifs is 1. The van der Waals surface area contributed by atoms with E-state index in [2.05, 4.69) is 5.32 Å². The molecule has 0 unspecified atom stereocenters. The number of hydrogen-bond donors (Lipinski definition) is 1. The van der Waals surface area contributed by atoms with Gasteiger partial charge in [-0.2, -0.15) is 0 Å². The van der Waals surface area contributed by atoms with Gasteiger partial charge in [0.25, 0.3) is 0 Å². The minimum absolute atomic E-state index is 0.0104. The summed E-state index contributed by atoms with van der Waals surface area (Å²) >= 11 is 1.56. The van der Waals surface area contributed by atoms with Gasteiger partial charge in [0.15, 0.2) is 5.78 Å². The van der Waals surface area contributed by atoms with E-state index in [9.17, 15) is 9.59 Å². The Balaban J connectivity index is 1.71. The zero-order valence-corrected chi connectivity index (χ0v) is 16.7. The molecule has 0 saturated carbocycles. The molecule has 1 aliphatic heterocycles. The smallest absolute Gasteiger partial charge is 0.224 e. The van der Waals surface area contributed by atoms with Crippen molar-refractivity contribution in [2.45, 2.75) is 31.7 Å². The van der Waals surface area contributed by atoms with Crippen LogP contribution in [0.15, 0.2) is 75.9 Å². The second-order valence-corrected chi connectivity index (χ2v) is 8.36. The number of carbonyl (C=O) groups is 2. The molecule has 1 amide bonds. The number of para-hydroxylation sites is 2. The molecule has 29 heavy (non-hydrogen) atoms. The monoisotopic (exact) mass is 404 g/mol. The van der Waals surface area contributed by atoms with Crippen LogP contribution < -0.4 is 10.2 Å². The maximum atomic E-state index is 13.4. The first-order valence-electron chi connectivity index (χ1n) is 9.62. The van der Waals surface area contributed by atoms with Crippen LogP contribution in [-0.4, -0.2) is 11.7 Å². The number of rotatable bonds is 2. The summed E-state index contributed by atoms with van der Waals surface area (Å²) in [6.45, 7) is 1.56. The number of allylic oxidation sites excluding steroid dienone is 1. The molecule has 1 aliphatic carbocycles. The second kappa shape index (κ2) is 7.04. The van der Waals surface area contributed by atoms with Crippen LogP contribution in [0.5, 0.6) is 0 Å². The number of anilines is 2. The van der Waals surface area contributed by atoms with E-state index in [1.807, 2.05) is 53.9 Å². The number of hydrogen-bond acceptors (Lipinski definition) is 5. The number of Topliss-reactive ketones (excluding diaryl/α,β-unsaturated/α-hetero) is 1. The van der Waals surface area contributed by atoms with E-state index in [-0.39, 0.29) is 17.6 Å². The summed E-state index contributed by atoms with van der Waals surface area (Å²) in [6, 6.07) is 15.0. The molecule has 5 rings (SSSR count). The molecule has 6 heteroatoms. The van der Waals surface area contributed by atoms with Crippen molar-refractivity contribution in [3.05, 3.63) is 82.1 Å². The molecule has 0 bridgehead atoms. The van der Waals surface area contributed by atoms with E-state index >= 15 is 0 Å². The first-order chi connectivity index (χ1) is 14.1. The third-order valence-corrected chi connectivity index (χ3v) is 6.51. The lowest BCUT2D eigenvalue weighted by Crippen LogP contribution is -2.36. The zero-order valence-electron chi connectivity index (χ0n) is 15.9. The fraction of sp³-hybridized carbons (Fsp3) is 0.217. The van der Waals surface area contributed by atoms with Crippen molar-refractivity contribution in [1.82, 2.24) is 0 Å². The second-order valence-electron chi connectivity index (χ2n) is 7.39. The highest BCUT2D eigenvalue weighted by atomic mass is 32.1. The van der Waals surface area contributed by atoms with E-state index in [1.54, 1.807) is 29.4 Å². The number of benzene rings is 1. The number of nitrogens with zero attached hydrogens (tertiary/aromatic N) is 1. The molecule has 5 nitrogen and oxygen atoms in total. The molecular formula is C23H20N2O3S. The molecule has 2 atom stereocenters. The Labute approximate surface area is 172 Å². The van der Waals surface area contributed by atoms with Crippen molar-refractivity contribution in [2.24, 2.45) is 0 Å². The normalized spacial score (nSPS) is 21.3. The highest BCUT2D eigenvalue weighted by Crippen LogP contribution is 2.48. The van der Waals surface area contributed by atoms with Gasteiger partial charge in [-0.1, -0.05) is 18.2 Å². The van der Waals surface area contributed by atoms with Gasteiger partial charge in [-0.25, -0.2) is 0 Å². The molecule has 3 heterocycles. The fourth-order valence-corrected chi connectivity index (χ4v) is 5.20. The highest BCUT2D eigenvalue weighted by Gasteiger charge is 2.41. The Morgan fingerprint density at radius 1 is 1.14 bits per heavy atom. The fourth-order valence-electron chi connectivity index (χ4n) is 4.38. The first-order valence-corrected chi connectivity index (χ1v) is 10.5. The molecule has 0 radical (unpaired) electrons. The quantitative estimate of drug-likeness (QED) is 0.633. The summed E-state index contributed by atoms with van der Waals surface area (Å²) in [6.07, 6.45) is 2.68. The van der Waals surface area contributed by atoms with Crippen LogP contribution in [0.1, 0.15) is 42.4 Å². The molecule has 1 N–H and O–H groups in total. The van der Waals surface area contributed by atoms with Gasteiger partial charge in [-0.15, -0.1) is 11.3 Å². The Morgan fingerprint density at radius 2 is 2.00 bits per heavy atom. The minimum Gasteiger partial charge on any atom is -0.469 e. The largest absolute Gasteiger partial charge is 0.469 e. The minimum atomic E-state index is -0.427. The Hall–Kier alpha value is -3.12. The van der Waals surface area contributed by atoms with Crippen LogP contribution in [0.25, 0.3) is 0 Å². The topological polar surface area (TPSA) is 62.6 Å². The van der Waals surface area contributed by atoms with Gasteiger partial charge in [0.1, 0.15) is 11.8 Å². The van der Waals surface area contributed by atoms with Gasteiger partial charge in [0.2, 0.25) is 5.91 Å². The first kappa shape index (κ1) is 17.9. The van der Waals surface area contributed by atoms with E-state index < -0.39 is 6.04 Å². The number of amides is 1. The summed E-state index contributed by atoms with van der Waals surface area (Å²) in [5, 5.41) is 5.47. The van der Waals surface area contributed by atoms with Gasteiger partial charge < -0.3 is 9.73 Å². The lowest BCUT2D eigenvalue weighted by Gasteiger charge is -2.33.